The third-order valence-corrected chi connectivity index (χ3v) is 5.10. The van der Waals surface area contributed by atoms with Crippen molar-refractivity contribution in [2.45, 2.75) is 26.3 Å². The SMILES string of the molecule is COc1cccc([C@]2(C)NC(=O)N(NC(=S)Nc3cccc(C)c3C)C2=O)c1. The molecule has 1 aliphatic rings. The molecular formula is C20H22N4O3S. The van der Waals surface area contributed by atoms with Gasteiger partial charge in [0, 0.05) is 5.69 Å². The summed E-state index contributed by atoms with van der Waals surface area (Å²) in [4.78, 5) is 25.4. The minimum absolute atomic E-state index is 0.145. The van der Waals surface area contributed by atoms with E-state index in [9.17, 15) is 9.59 Å². The molecule has 0 saturated carbocycles. The van der Waals surface area contributed by atoms with Crippen molar-refractivity contribution in [2.75, 3.05) is 12.4 Å². The fourth-order valence-corrected chi connectivity index (χ4v) is 3.21. The van der Waals surface area contributed by atoms with Crippen LogP contribution in [0.15, 0.2) is 42.5 Å². The number of hydrogen-bond donors (Lipinski definition) is 3. The van der Waals surface area contributed by atoms with E-state index in [1.165, 1.54) is 0 Å². The number of carbonyl (C=O) groups is 2. The zero-order valence-electron chi connectivity index (χ0n) is 16.1. The van der Waals surface area contributed by atoms with E-state index >= 15 is 0 Å². The highest BCUT2D eigenvalue weighted by molar-refractivity contribution is 7.80. The molecule has 7 nitrogen and oxygen atoms in total. The Hall–Kier alpha value is -3.13. The first-order valence-electron chi connectivity index (χ1n) is 8.71. The number of nitrogens with one attached hydrogen (secondary N) is 3. The number of anilines is 1. The number of hydrazine groups is 1. The van der Waals surface area contributed by atoms with Gasteiger partial charge < -0.3 is 15.4 Å². The second kappa shape index (κ2) is 7.47. The van der Waals surface area contributed by atoms with Crippen LogP contribution < -0.4 is 20.8 Å². The molecule has 1 fully saturated rings. The molecule has 1 saturated heterocycles. The Bertz CT molecular complexity index is 962. The van der Waals surface area contributed by atoms with Gasteiger partial charge in [0.05, 0.1) is 7.11 Å². The van der Waals surface area contributed by atoms with Gasteiger partial charge in [0.1, 0.15) is 11.3 Å². The molecule has 0 radical (unpaired) electrons. The van der Waals surface area contributed by atoms with Crippen LogP contribution in [0.2, 0.25) is 0 Å². The number of amides is 3. The van der Waals surface area contributed by atoms with Crippen LogP contribution in [-0.2, 0) is 10.3 Å². The van der Waals surface area contributed by atoms with Crippen molar-refractivity contribution >= 4 is 35.0 Å². The number of carbonyl (C=O) groups excluding carboxylic acids is 2. The maximum absolute atomic E-state index is 13.0. The number of methoxy groups -OCH3 is 1. The molecule has 0 spiro atoms. The summed E-state index contributed by atoms with van der Waals surface area (Å²) in [6, 6.07) is 12.2. The second-order valence-corrected chi connectivity index (χ2v) is 7.15. The van der Waals surface area contributed by atoms with Crippen LogP contribution in [-0.4, -0.2) is 29.2 Å². The first kappa shape index (κ1) is 19.6. The fourth-order valence-electron chi connectivity index (χ4n) is 3.01. The third kappa shape index (κ3) is 3.50. The minimum Gasteiger partial charge on any atom is -0.497 e. The molecule has 1 atom stereocenters. The maximum atomic E-state index is 13.0. The lowest BCUT2D eigenvalue weighted by Crippen LogP contribution is -2.49. The molecule has 8 heteroatoms. The highest BCUT2D eigenvalue weighted by Gasteiger charge is 2.50. The Balaban J connectivity index is 1.78. The summed E-state index contributed by atoms with van der Waals surface area (Å²) >= 11 is 5.30. The number of thiocarbonyl (C=S) groups is 1. The number of hydrogen-bond acceptors (Lipinski definition) is 4. The molecular weight excluding hydrogens is 376 g/mol. The van der Waals surface area contributed by atoms with Gasteiger partial charge in [-0.2, -0.15) is 5.01 Å². The van der Waals surface area contributed by atoms with E-state index in [4.69, 9.17) is 17.0 Å². The number of imide groups is 1. The molecule has 0 unspecified atom stereocenters. The van der Waals surface area contributed by atoms with Crippen LogP contribution in [0.1, 0.15) is 23.6 Å². The Morgan fingerprint density at radius 1 is 1.18 bits per heavy atom. The van der Waals surface area contributed by atoms with E-state index in [1.807, 2.05) is 32.0 Å². The van der Waals surface area contributed by atoms with Crippen LogP contribution in [0, 0.1) is 13.8 Å². The zero-order valence-corrected chi connectivity index (χ0v) is 16.9. The molecule has 0 aromatic heterocycles. The third-order valence-electron chi connectivity index (χ3n) is 4.90. The van der Waals surface area contributed by atoms with Crippen molar-refractivity contribution in [2.24, 2.45) is 0 Å². The number of ether oxygens (including phenoxy) is 1. The number of benzene rings is 2. The van der Waals surface area contributed by atoms with Gasteiger partial charge in [-0.15, -0.1) is 0 Å². The maximum Gasteiger partial charge on any atom is 0.344 e. The van der Waals surface area contributed by atoms with Crippen LogP contribution in [0.3, 0.4) is 0 Å². The van der Waals surface area contributed by atoms with E-state index < -0.39 is 17.5 Å². The average molecular weight is 398 g/mol. The number of rotatable bonds is 4. The fraction of sp³-hybridized carbons (Fsp3) is 0.250. The summed E-state index contributed by atoms with van der Waals surface area (Å²) < 4.78 is 5.22. The largest absolute Gasteiger partial charge is 0.497 e. The highest BCUT2D eigenvalue weighted by Crippen LogP contribution is 2.30. The molecule has 0 aliphatic carbocycles. The van der Waals surface area contributed by atoms with Gasteiger partial charge in [-0.05, 0) is 67.9 Å². The number of nitrogens with zero attached hydrogens (tertiary/aromatic N) is 1. The second-order valence-electron chi connectivity index (χ2n) is 6.74. The van der Waals surface area contributed by atoms with Crippen molar-refractivity contribution in [3.63, 3.8) is 0 Å². The molecule has 3 amide bonds. The average Bonchev–Trinajstić information content (AvgIpc) is 2.89. The summed E-state index contributed by atoms with van der Waals surface area (Å²) in [5, 5.41) is 6.78. The zero-order chi connectivity index (χ0) is 20.5. The molecule has 3 N–H and O–H groups in total. The van der Waals surface area contributed by atoms with Gasteiger partial charge in [0.2, 0.25) is 0 Å². The number of urea groups is 1. The highest BCUT2D eigenvalue weighted by atomic mass is 32.1. The van der Waals surface area contributed by atoms with Gasteiger partial charge in [0.15, 0.2) is 5.11 Å². The van der Waals surface area contributed by atoms with Crippen LogP contribution in [0.5, 0.6) is 5.75 Å². The van der Waals surface area contributed by atoms with E-state index in [2.05, 4.69) is 16.1 Å². The quantitative estimate of drug-likeness (QED) is 0.543. The Kier molecular flexibility index (Phi) is 5.24. The topological polar surface area (TPSA) is 82.7 Å². The number of aryl methyl sites for hydroxylation is 1. The van der Waals surface area contributed by atoms with Crippen LogP contribution in [0.4, 0.5) is 10.5 Å². The molecule has 2 aromatic carbocycles. The summed E-state index contributed by atoms with van der Waals surface area (Å²) in [7, 11) is 1.54. The van der Waals surface area contributed by atoms with Gasteiger partial charge in [-0.25, -0.2) is 4.79 Å². The predicted octanol–water partition coefficient (Wildman–Crippen LogP) is 2.98. The predicted molar refractivity (Wildman–Crippen MR) is 111 cm³/mol. The Morgan fingerprint density at radius 2 is 1.89 bits per heavy atom. The Morgan fingerprint density at radius 3 is 2.61 bits per heavy atom. The van der Waals surface area contributed by atoms with Crippen LogP contribution in [0.25, 0.3) is 0 Å². The van der Waals surface area contributed by atoms with Crippen molar-refractivity contribution < 1.29 is 14.3 Å². The van der Waals surface area contributed by atoms with Crippen molar-refractivity contribution in [3.8, 4) is 5.75 Å². The van der Waals surface area contributed by atoms with Gasteiger partial charge >= 0.3 is 6.03 Å². The summed E-state index contributed by atoms with van der Waals surface area (Å²) in [6.45, 7) is 5.60. The van der Waals surface area contributed by atoms with Crippen LogP contribution >= 0.6 is 12.2 Å². The molecule has 146 valence electrons. The van der Waals surface area contributed by atoms with Gasteiger partial charge in [-0.3, -0.25) is 10.2 Å². The molecule has 2 aromatic rings. The lowest BCUT2D eigenvalue weighted by atomic mass is 9.92. The monoisotopic (exact) mass is 398 g/mol. The molecule has 1 heterocycles. The van der Waals surface area contributed by atoms with Crippen molar-refractivity contribution in [1.82, 2.24) is 15.8 Å². The summed E-state index contributed by atoms with van der Waals surface area (Å²) in [5.74, 6) is 0.134. The van der Waals surface area contributed by atoms with Gasteiger partial charge in [0.25, 0.3) is 5.91 Å². The summed E-state index contributed by atoms with van der Waals surface area (Å²) in [6.07, 6.45) is 0. The lowest BCUT2D eigenvalue weighted by molar-refractivity contribution is -0.132. The molecule has 0 bridgehead atoms. The lowest BCUT2D eigenvalue weighted by Gasteiger charge is -2.23. The van der Waals surface area contributed by atoms with Gasteiger partial charge in [-0.1, -0.05) is 24.3 Å². The van der Waals surface area contributed by atoms with E-state index in [1.54, 1.807) is 38.3 Å². The first-order valence-corrected chi connectivity index (χ1v) is 9.12. The summed E-state index contributed by atoms with van der Waals surface area (Å²) in [5.41, 5.74) is 5.02. The van der Waals surface area contributed by atoms with E-state index in [-0.39, 0.29) is 5.11 Å². The van der Waals surface area contributed by atoms with E-state index in [0.717, 1.165) is 21.8 Å². The first-order chi connectivity index (χ1) is 13.3. The smallest absolute Gasteiger partial charge is 0.344 e. The minimum atomic E-state index is -1.23. The molecule has 1 aliphatic heterocycles. The molecule has 3 rings (SSSR count). The van der Waals surface area contributed by atoms with Crippen molar-refractivity contribution in [3.05, 3.63) is 59.2 Å². The van der Waals surface area contributed by atoms with E-state index in [0.29, 0.717) is 11.3 Å². The normalized spacial score (nSPS) is 18.6. The Labute approximate surface area is 169 Å². The molecule has 28 heavy (non-hydrogen) atoms. The van der Waals surface area contributed by atoms with Crippen molar-refractivity contribution in [1.29, 1.82) is 0 Å². The standard InChI is InChI=1S/C20H22N4O3S/c1-12-7-5-10-16(13(12)2)21-18(28)23-24-17(25)20(3,22-19(24)26)14-8-6-9-15(11-14)27-4/h5-11H,1-4H3,(H,22,26)(H2,21,23,28)/t20-/m0/s1.